The van der Waals surface area contributed by atoms with Crippen molar-refractivity contribution in [1.82, 2.24) is 10.6 Å². The number of carbonyl (C=O) groups is 1. The Morgan fingerprint density at radius 2 is 2.11 bits per heavy atom. The molecule has 0 saturated heterocycles. The third-order valence-corrected chi connectivity index (χ3v) is 4.84. The zero-order valence-electron chi connectivity index (χ0n) is 16.1. The van der Waals surface area contributed by atoms with Crippen molar-refractivity contribution in [3.05, 3.63) is 29.8 Å². The van der Waals surface area contributed by atoms with Crippen molar-refractivity contribution in [3.8, 4) is 5.75 Å². The first-order valence-corrected chi connectivity index (χ1v) is 9.00. The highest BCUT2D eigenvalue weighted by atomic mass is 127. The minimum absolute atomic E-state index is 0. The second kappa shape index (κ2) is 12.0. The number of amides is 1. The number of nitrogens with zero attached hydrogens (tertiary/aromatic N) is 1. The Bertz CT molecular complexity index is 621. The van der Waals surface area contributed by atoms with E-state index < -0.39 is 5.91 Å². The molecule has 0 aromatic heterocycles. The van der Waals surface area contributed by atoms with Crippen LogP contribution in [0.1, 0.15) is 31.2 Å². The molecule has 7 nitrogen and oxygen atoms in total. The number of primary amides is 1. The van der Waals surface area contributed by atoms with Gasteiger partial charge in [-0.1, -0.05) is 18.6 Å². The predicted molar refractivity (Wildman–Crippen MR) is 118 cm³/mol. The summed E-state index contributed by atoms with van der Waals surface area (Å²) in [4.78, 5) is 15.1. The topological polar surface area (TPSA) is 98.0 Å². The molecule has 1 aromatic carbocycles. The summed E-state index contributed by atoms with van der Waals surface area (Å²) in [5.74, 6) is 0.910. The van der Waals surface area contributed by atoms with E-state index in [4.69, 9.17) is 15.2 Å². The Morgan fingerprint density at radius 3 is 2.70 bits per heavy atom. The zero-order chi connectivity index (χ0) is 18.8. The molecular weight excluding hydrogens is 459 g/mol. The maximum Gasteiger partial charge on any atom is 0.255 e. The molecule has 0 unspecified atom stereocenters. The van der Waals surface area contributed by atoms with Gasteiger partial charge in [-0.2, -0.15) is 0 Å². The largest absolute Gasteiger partial charge is 0.484 e. The lowest BCUT2D eigenvalue weighted by Crippen LogP contribution is -2.46. The van der Waals surface area contributed by atoms with E-state index in [1.807, 2.05) is 18.2 Å². The fraction of sp³-hybridized carbons (Fsp3) is 0.579. The van der Waals surface area contributed by atoms with Crippen LogP contribution in [-0.4, -0.2) is 45.8 Å². The number of carbonyl (C=O) groups excluding carboxylic acids is 1. The number of ether oxygens (including phenoxy) is 2. The summed E-state index contributed by atoms with van der Waals surface area (Å²) in [6.45, 7) is 2.19. The lowest BCUT2D eigenvalue weighted by atomic mass is 9.67. The molecule has 1 saturated carbocycles. The lowest BCUT2D eigenvalue weighted by Gasteiger charge is -2.42. The molecule has 1 amide bonds. The first kappa shape index (κ1) is 23.5. The van der Waals surface area contributed by atoms with Crippen LogP contribution < -0.4 is 21.1 Å². The number of nitrogens with two attached hydrogens (primary N) is 1. The van der Waals surface area contributed by atoms with E-state index in [2.05, 4.69) is 15.6 Å². The number of nitrogens with one attached hydrogen (secondary N) is 2. The van der Waals surface area contributed by atoms with E-state index in [-0.39, 0.29) is 30.6 Å². The average molecular weight is 490 g/mol. The normalized spacial score (nSPS) is 15.3. The van der Waals surface area contributed by atoms with Gasteiger partial charge < -0.3 is 25.8 Å². The van der Waals surface area contributed by atoms with Gasteiger partial charge in [0.2, 0.25) is 0 Å². The average Bonchev–Trinajstić information content (AvgIpc) is 2.61. The molecule has 1 aliphatic carbocycles. The van der Waals surface area contributed by atoms with Crippen molar-refractivity contribution in [2.45, 2.75) is 32.2 Å². The van der Waals surface area contributed by atoms with Crippen molar-refractivity contribution in [3.63, 3.8) is 0 Å². The number of methoxy groups -OCH3 is 1. The minimum atomic E-state index is -0.489. The quantitative estimate of drug-likeness (QED) is 0.265. The number of aliphatic imine (C=N–C) groups is 1. The number of rotatable bonds is 10. The lowest BCUT2D eigenvalue weighted by molar-refractivity contribution is -0.119. The Balaban J connectivity index is 0.00000364. The van der Waals surface area contributed by atoms with Gasteiger partial charge in [-0.3, -0.25) is 9.79 Å². The second-order valence-corrected chi connectivity index (χ2v) is 6.78. The highest BCUT2D eigenvalue weighted by Crippen LogP contribution is 2.43. The number of halogens is 1. The fourth-order valence-electron chi connectivity index (χ4n) is 3.09. The Morgan fingerprint density at radius 1 is 1.33 bits per heavy atom. The smallest absolute Gasteiger partial charge is 0.255 e. The summed E-state index contributed by atoms with van der Waals surface area (Å²) in [5, 5.41) is 6.75. The molecule has 0 aliphatic heterocycles. The second-order valence-electron chi connectivity index (χ2n) is 6.78. The van der Waals surface area contributed by atoms with Crippen LogP contribution in [0.25, 0.3) is 0 Å². The summed E-state index contributed by atoms with van der Waals surface area (Å²) in [7, 11) is 3.52. The van der Waals surface area contributed by atoms with Gasteiger partial charge in [-0.25, -0.2) is 0 Å². The molecule has 0 heterocycles. The molecule has 8 heteroatoms. The summed E-state index contributed by atoms with van der Waals surface area (Å²) in [6, 6.07) is 7.56. The maximum atomic E-state index is 10.8. The van der Waals surface area contributed by atoms with E-state index in [1.165, 1.54) is 19.3 Å². The van der Waals surface area contributed by atoms with E-state index >= 15 is 0 Å². The third kappa shape index (κ3) is 7.92. The van der Waals surface area contributed by atoms with Crippen LogP contribution in [0.5, 0.6) is 5.75 Å². The van der Waals surface area contributed by atoms with Crippen molar-refractivity contribution in [1.29, 1.82) is 0 Å². The Labute approximate surface area is 178 Å². The maximum absolute atomic E-state index is 10.8. The van der Waals surface area contributed by atoms with E-state index in [9.17, 15) is 4.79 Å². The van der Waals surface area contributed by atoms with E-state index in [0.29, 0.717) is 17.7 Å². The highest BCUT2D eigenvalue weighted by Gasteiger charge is 2.36. The molecule has 4 N–H and O–H groups in total. The van der Waals surface area contributed by atoms with Crippen molar-refractivity contribution in [2.75, 3.05) is 33.9 Å². The van der Waals surface area contributed by atoms with Gasteiger partial charge >= 0.3 is 0 Å². The van der Waals surface area contributed by atoms with Crippen LogP contribution in [0.3, 0.4) is 0 Å². The van der Waals surface area contributed by atoms with Gasteiger partial charge in [0.15, 0.2) is 12.6 Å². The van der Waals surface area contributed by atoms with Gasteiger partial charge in [-0.05, 0) is 42.4 Å². The molecular formula is C19H31IN4O3. The van der Waals surface area contributed by atoms with Crippen LogP contribution >= 0.6 is 24.0 Å². The molecule has 0 atom stereocenters. The van der Waals surface area contributed by atoms with Gasteiger partial charge in [-0.15, -0.1) is 24.0 Å². The summed E-state index contributed by atoms with van der Waals surface area (Å²) >= 11 is 0. The molecule has 152 valence electrons. The molecule has 0 radical (unpaired) electrons. The molecule has 1 fully saturated rings. The number of hydrogen-bond acceptors (Lipinski definition) is 4. The summed E-state index contributed by atoms with van der Waals surface area (Å²) in [6.07, 6.45) is 4.83. The number of guanidine groups is 1. The Kier molecular flexibility index (Phi) is 10.5. The molecule has 2 rings (SSSR count). The van der Waals surface area contributed by atoms with Gasteiger partial charge in [0.05, 0.1) is 0 Å². The van der Waals surface area contributed by atoms with Crippen LogP contribution in [0.2, 0.25) is 0 Å². The molecule has 1 aliphatic rings. The number of benzene rings is 1. The first-order chi connectivity index (χ1) is 12.6. The predicted octanol–water partition coefficient (Wildman–Crippen LogP) is 2.04. The van der Waals surface area contributed by atoms with Gasteiger partial charge in [0.1, 0.15) is 5.75 Å². The van der Waals surface area contributed by atoms with Gasteiger partial charge in [0, 0.05) is 33.9 Å². The van der Waals surface area contributed by atoms with E-state index in [0.717, 1.165) is 31.1 Å². The van der Waals surface area contributed by atoms with E-state index in [1.54, 1.807) is 20.2 Å². The standard InChI is InChI=1S/C19H30N4O3.HI/c1-21-18(23-14-19(7-4-8-19)9-10-25-2)22-12-15-5-3-6-16(11-15)26-13-17(20)24;/h3,5-6,11H,4,7-10,12-14H2,1-2H3,(H2,20,24)(H2,21,22,23);1H. The highest BCUT2D eigenvalue weighted by molar-refractivity contribution is 14.0. The van der Waals surface area contributed by atoms with Crippen LogP contribution in [0.15, 0.2) is 29.3 Å². The SMILES string of the molecule is CN=C(NCc1cccc(OCC(N)=O)c1)NCC1(CCOC)CCC1.I. The molecule has 27 heavy (non-hydrogen) atoms. The van der Waals surface area contributed by atoms with Crippen LogP contribution in [0, 0.1) is 5.41 Å². The van der Waals surface area contributed by atoms with Crippen molar-refractivity contribution >= 4 is 35.8 Å². The summed E-state index contributed by atoms with van der Waals surface area (Å²) in [5.41, 5.74) is 6.47. The molecule has 0 spiro atoms. The van der Waals surface area contributed by atoms with Crippen molar-refractivity contribution < 1.29 is 14.3 Å². The third-order valence-electron chi connectivity index (χ3n) is 4.84. The van der Waals surface area contributed by atoms with Crippen molar-refractivity contribution in [2.24, 2.45) is 16.1 Å². The Hall–Kier alpha value is -1.55. The van der Waals surface area contributed by atoms with Crippen LogP contribution in [-0.2, 0) is 16.1 Å². The molecule has 1 aromatic rings. The number of hydrogen-bond donors (Lipinski definition) is 3. The summed E-state index contributed by atoms with van der Waals surface area (Å²) < 4.78 is 10.6. The van der Waals surface area contributed by atoms with Crippen LogP contribution in [0.4, 0.5) is 0 Å². The minimum Gasteiger partial charge on any atom is -0.484 e. The monoisotopic (exact) mass is 490 g/mol. The van der Waals surface area contributed by atoms with Gasteiger partial charge in [0.25, 0.3) is 5.91 Å². The zero-order valence-corrected chi connectivity index (χ0v) is 18.5. The fourth-order valence-corrected chi connectivity index (χ4v) is 3.09. The first-order valence-electron chi connectivity index (χ1n) is 9.00. The molecule has 0 bridgehead atoms.